The van der Waals surface area contributed by atoms with E-state index in [1.54, 1.807) is 18.0 Å². The van der Waals surface area contributed by atoms with Crippen molar-refractivity contribution < 1.29 is 19.1 Å². The molecule has 0 radical (unpaired) electrons. The van der Waals surface area contributed by atoms with Gasteiger partial charge in [-0.05, 0) is 55.7 Å². The van der Waals surface area contributed by atoms with Crippen LogP contribution in [0.2, 0.25) is 5.02 Å². The minimum Gasteiger partial charge on any atom is -0.502 e. The average Bonchev–Trinajstić information content (AvgIpc) is 3.46. The summed E-state index contributed by atoms with van der Waals surface area (Å²) < 4.78 is 15.0. The molecular weight excluding hydrogens is 449 g/mol. The lowest BCUT2D eigenvalue weighted by Crippen LogP contribution is -2.52. The molecule has 2 aliphatic carbocycles. The molecule has 3 atom stereocenters. The molecular formula is C24H23ClFN3O4. The predicted molar refractivity (Wildman–Crippen MR) is 118 cm³/mol. The zero-order valence-corrected chi connectivity index (χ0v) is 18.9. The number of benzene rings is 1. The van der Waals surface area contributed by atoms with Crippen LogP contribution in [0.5, 0.6) is 5.75 Å². The second kappa shape index (κ2) is 6.82. The van der Waals surface area contributed by atoms with Gasteiger partial charge in [0.25, 0.3) is 17.4 Å². The number of aromatic hydroxyl groups is 1. The van der Waals surface area contributed by atoms with Crippen molar-refractivity contribution in [3.05, 3.63) is 61.8 Å². The number of fused-ring (bicyclic) bond motifs is 7. The van der Waals surface area contributed by atoms with Crippen molar-refractivity contribution in [2.75, 3.05) is 13.6 Å². The average molecular weight is 472 g/mol. The molecule has 172 valence electrons. The summed E-state index contributed by atoms with van der Waals surface area (Å²) >= 11 is 5.87. The summed E-state index contributed by atoms with van der Waals surface area (Å²) in [6.45, 7) is 0.458. The van der Waals surface area contributed by atoms with Crippen molar-refractivity contribution in [3.63, 3.8) is 0 Å². The molecule has 2 aromatic rings. The van der Waals surface area contributed by atoms with E-state index < -0.39 is 28.7 Å². The van der Waals surface area contributed by atoms with Crippen LogP contribution in [-0.4, -0.2) is 44.9 Å². The molecule has 2 bridgehead atoms. The van der Waals surface area contributed by atoms with Crippen LogP contribution in [0.4, 0.5) is 4.39 Å². The molecule has 3 unspecified atom stereocenters. The van der Waals surface area contributed by atoms with E-state index in [-0.39, 0.29) is 34.6 Å². The number of nitrogens with zero attached hydrogens (tertiary/aromatic N) is 3. The normalized spacial score (nSPS) is 27.6. The number of rotatable bonds is 2. The molecule has 33 heavy (non-hydrogen) atoms. The standard InChI is InChI=1S/C24H23ClFN3O4/c1-27-22(32)19-15-6-7-28(11-13-3-5-17(26)16(25)9-13)21(31)18(15)20(30)23(33)29(19)24(27)10-12-2-4-14(24)8-12/h3,5,9,12,14,30H,2,4,6-8,10-11H2,1H3. The lowest BCUT2D eigenvalue weighted by atomic mass is 9.87. The SMILES string of the molecule is CN1C(=O)c2c3c(c(O)c(=O)n2C12CC1CCC2C1)C(=O)N(Cc1ccc(F)c(Cl)c1)CC3. The zero-order chi connectivity index (χ0) is 23.2. The van der Waals surface area contributed by atoms with Crippen molar-refractivity contribution in [2.24, 2.45) is 11.8 Å². The second-order valence-electron chi connectivity index (χ2n) is 9.74. The lowest BCUT2D eigenvalue weighted by molar-refractivity contribution is 0.0145. The van der Waals surface area contributed by atoms with Crippen LogP contribution in [0.1, 0.15) is 57.7 Å². The van der Waals surface area contributed by atoms with Crippen LogP contribution < -0.4 is 5.56 Å². The van der Waals surface area contributed by atoms with Gasteiger partial charge >= 0.3 is 0 Å². The molecule has 6 rings (SSSR count). The Labute approximate surface area is 194 Å². The summed E-state index contributed by atoms with van der Waals surface area (Å²) in [6, 6.07) is 4.23. The topological polar surface area (TPSA) is 82.9 Å². The lowest BCUT2D eigenvalue weighted by Gasteiger charge is -2.41. The van der Waals surface area contributed by atoms with E-state index in [4.69, 9.17) is 11.6 Å². The molecule has 2 saturated carbocycles. The summed E-state index contributed by atoms with van der Waals surface area (Å²) in [5, 5.41) is 10.9. The van der Waals surface area contributed by atoms with Crippen molar-refractivity contribution in [1.82, 2.24) is 14.4 Å². The van der Waals surface area contributed by atoms with Crippen LogP contribution in [0, 0.1) is 17.7 Å². The van der Waals surface area contributed by atoms with Gasteiger partial charge < -0.3 is 14.9 Å². The molecule has 1 aromatic carbocycles. The van der Waals surface area contributed by atoms with Crippen LogP contribution in [-0.2, 0) is 18.6 Å². The quantitative estimate of drug-likeness (QED) is 0.729. The van der Waals surface area contributed by atoms with Crippen LogP contribution in [0.15, 0.2) is 23.0 Å². The van der Waals surface area contributed by atoms with E-state index in [0.29, 0.717) is 36.4 Å². The largest absolute Gasteiger partial charge is 0.502 e. The Morgan fingerprint density at radius 3 is 2.67 bits per heavy atom. The van der Waals surface area contributed by atoms with Gasteiger partial charge in [0.1, 0.15) is 17.2 Å². The van der Waals surface area contributed by atoms with Crippen molar-refractivity contribution in [1.29, 1.82) is 0 Å². The molecule has 0 saturated heterocycles. The van der Waals surface area contributed by atoms with E-state index in [0.717, 1.165) is 19.3 Å². The third kappa shape index (κ3) is 2.58. The highest BCUT2D eigenvalue weighted by atomic mass is 35.5. The monoisotopic (exact) mass is 471 g/mol. The van der Waals surface area contributed by atoms with Gasteiger partial charge in [0.2, 0.25) is 0 Å². The minimum absolute atomic E-state index is 0.0407. The highest BCUT2D eigenvalue weighted by Crippen LogP contribution is 2.58. The van der Waals surface area contributed by atoms with Gasteiger partial charge in [-0.25, -0.2) is 4.39 Å². The van der Waals surface area contributed by atoms with Gasteiger partial charge in [-0.1, -0.05) is 17.7 Å². The Balaban J connectivity index is 1.45. The Morgan fingerprint density at radius 2 is 2.00 bits per heavy atom. The molecule has 2 amide bonds. The molecule has 9 heteroatoms. The summed E-state index contributed by atoms with van der Waals surface area (Å²) in [7, 11) is 1.73. The fourth-order valence-corrected chi connectivity index (χ4v) is 6.94. The Kier molecular flexibility index (Phi) is 4.28. The minimum atomic E-state index is -0.746. The van der Waals surface area contributed by atoms with Crippen LogP contribution >= 0.6 is 11.6 Å². The maximum atomic E-state index is 13.5. The smallest absolute Gasteiger partial charge is 0.296 e. The maximum absolute atomic E-state index is 13.5. The maximum Gasteiger partial charge on any atom is 0.296 e. The Hall–Kier alpha value is -2.87. The number of aromatic nitrogens is 1. The van der Waals surface area contributed by atoms with Gasteiger partial charge in [-0.15, -0.1) is 0 Å². The van der Waals surface area contributed by atoms with Crippen molar-refractivity contribution in [2.45, 2.75) is 44.3 Å². The van der Waals surface area contributed by atoms with E-state index in [1.165, 1.54) is 21.6 Å². The predicted octanol–water partition coefficient (Wildman–Crippen LogP) is 3.10. The molecule has 2 fully saturated rings. The molecule has 1 spiro atoms. The van der Waals surface area contributed by atoms with Gasteiger partial charge in [0.15, 0.2) is 5.75 Å². The number of carbonyl (C=O) groups is 2. The number of pyridine rings is 1. The summed E-state index contributed by atoms with van der Waals surface area (Å²) in [5.74, 6) is -1.28. The van der Waals surface area contributed by atoms with Crippen molar-refractivity contribution in [3.8, 4) is 5.75 Å². The summed E-state index contributed by atoms with van der Waals surface area (Å²) in [6.07, 6.45) is 4.04. The number of hydrogen-bond acceptors (Lipinski definition) is 4. The highest BCUT2D eigenvalue weighted by Gasteiger charge is 2.61. The fourth-order valence-electron chi connectivity index (χ4n) is 6.74. The third-order valence-electron chi connectivity index (χ3n) is 8.20. The van der Waals surface area contributed by atoms with Crippen LogP contribution in [0.25, 0.3) is 0 Å². The van der Waals surface area contributed by atoms with Crippen LogP contribution in [0.3, 0.4) is 0 Å². The third-order valence-corrected chi connectivity index (χ3v) is 8.49. The van der Waals surface area contributed by atoms with E-state index in [2.05, 4.69) is 0 Å². The molecule has 3 heterocycles. The Morgan fingerprint density at radius 1 is 1.21 bits per heavy atom. The van der Waals surface area contributed by atoms with E-state index >= 15 is 0 Å². The van der Waals surface area contributed by atoms with E-state index in [9.17, 15) is 23.9 Å². The first-order chi connectivity index (χ1) is 15.7. The van der Waals surface area contributed by atoms with Gasteiger partial charge in [-0.3, -0.25) is 19.0 Å². The highest BCUT2D eigenvalue weighted by molar-refractivity contribution is 6.30. The van der Waals surface area contributed by atoms with Gasteiger partial charge in [0, 0.05) is 31.6 Å². The number of hydrogen-bond donors (Lipinski definition) is 1. The molecule has 1 N–H and O–H groups in total. The molecule has 1 aromatic heterocycles. The van der Waals surface area contributed by atoms with Crippen molar-refractivity contribution >= 4 is 23.4 Å². The number of carbonyl (C=O) groups excluding carboxylic acids is 2. The number of amides is 2. The molecule has 7 nitrogen and oxygen atoms in total. The first kappa shape index (κ1) is 20.7. The summed E-state index contributed by atoms with van der Waals surface area (Å²) in [5.41, 5.74) is -0.180. The second-order valence-corrected chi connectivity index (χ2v) is 10.1. The first-order valence-electron chi connectivity index (χ1n) is 11.3. The molecule has 4 aliphatic rings. The first-order valence-corrected chi connectivity index (χ1v) is 11.6. The molecule has 2 aliphatic heterocycles. The zero-order valence-electron chi connectivity index (χ0n) is 18.1. The summed E-state index contributed by atoms with van der Waals surface area (Å²) in [4.78, 5) is 43.4. The van der Waals surface area contributed by atoms with E-state index in [1.807, 2.05) is 0 Å². The van der Waals surface area contributed by atoms with Gasteiger partial charge in [-0.2, -0.15) is 0 Å². The Bertz CT molecular complexity index is 1310. The fraction of sp³-hybridized carbons (Fsp3) is 0.458. The van der Waals surface area contributed by atoms with Gasteiger partial charge in [0.05, 0.1) is 10.6 Å². The number of halogens is 2.